The van der Waals surface area contributed by atoms with Crippen molar-refractivity contribution in [1.29, 1.82) is 0 Å². The van der Waals surface area contributed by atoms with Gasteiger partial charge in [0.2, 0.25) is 0 Å². The fraction of sp³-hybridized carbons (Fsp3) is 0.308. The van der Waals surface area contributed by atoms with Crippen LogP contribution < -0.4 is 9.47 Å². The Morgan fingerprint density at radius 2 is 2.24 bits per heavy atom. The lowest BCUT2D eigenvalue weighted by Gasteiger charge is -2.19. The number of hydrogen-bond acceptors (Lipinski definition) is 6. The van der Waals surface area contributed by atoms with Gasteiger partial charge in [-0.3, -0.25) is 5.10 Å². The zero-order chi connectivity index (χ0) is 14.8. The molecule has 7 nitrogen and oxygen atoms in total. The molecule has 2 aromatic rings. The Kier molecular flexibility index (Phi) is 3.66. The van der Waals surface area contributed by atoms with E-state index in [2.05, 4.69) is 15.2 Å². The van der Waals surface area contributed by atoms with Crippen LogP contribution in [0.3, 0.4) is 0 Å². The van der Waals surface area contributed by atoms with Crippen LogP contribution in [-0.4, -0.2) is 34.4 Å². The summed E-state index contributed by atoms with van der Waals surface area (Å²) < 4.78 is 15.9. The summed E-state index contributed by atoms with van der Waals surface area (Å²) in [5.74, 6) is 1.42. The van der Waals surface area contributed by atoms with Crippen LogP contribution in [0.5, 0.6) is 11.5 Å². The summed E-state index contributed by atoms with van der Waals surface area (Å²) in [4.78, 5) is 16.1. The molecule has 1 N–H and O–H groups in total. The van der Waals surface area contributed by atoms with E-state index in [0.29, 0.717) is 41.4 Å². The van der Waals surface area contributed by atoms with E-state index in [9.17, 15) is 4.79 Å². The van der Waals surface area contributed by atoms with Gasteiger partial charge in [0.25, 0.3) is 0 Å². The molecule has 2 heterocycles. The average molecular weight is 310 g/mol. The topological polar surface area (TPSA) is 86.3 Å². The van der Waals surface area contributed by atoms with Gasteiger partial charge < -0.3 is 14.2 Å². The van der Waals surface area contributed by atoms with Crippen LogP contribution in [0, 0.1) is 6.92 Å². The van der Waals surface area contributed by atoms with Gasteiger partial charge in [-0.25, -0.2) is 9.78 Å². The van der Waals surface area contributed by atoms with Crippen LogP contribution in [-0.2, 0) is 11.3 Å². The summed E-state index contributed by atoms with van der Waals surface area (Å²) >= 11 is 6.07. The maximum absolute atomic E-state index is 12.0. The minimum Gasteiger partial charge on any atom is -0.486 e. The average Bonchev–Trinajstić information content (AvgIpc) is 2.90. The molecule has 1 aliphatic heterocycles. The van der Waals surface area contributed by atoms with E-state index in [4.69, 9.17) is 25.8 Å². The first-order valence-corrected chi connectivity index (χ1v) is 6.65. The monoisotopic (exact) mass is 309 g/mol. The van der Waals surface area contributed by atoms with Crippen molar-refractivity contribution in [3.05, 3.63) is 34.4 Å². The van der Waals surface area contributed by atoms with Gasteiger partial charge >= 0.3 is 5.97 Å². The standard InChI is InChI=1S/C13H12ClN3O4/c1-7-15-11(17-16-7)6-21-13(18)8-4-9(14)12-10(5-8)19-2-3-20-12/h4-5H,2-3,6H2,1H3,(H,15,16,17). The first-order chi connectivity index (χ1) is 10.1. The highest BCUT2D eigenvalue weighted by Gasteiger charge is 2.20. The molecule has 0 bridgehead atoms. The van der Waals surface area contributed by atoms with Crippen molar-refractivity contribution >= 4 is 17.6 Å². The molecule has 0 saturated heterocycles. The second-order valence-electron chi connectivity index (χ2n) is 4.40. The van der Waals surface area contributed by atoms with E-state index in [1.807, 2.05) is 0 Å². The van der Waals surface area contributed by atoms with Crippen molar-refractivity contribution < 1.29 is 19.0 Å². The van der Waals surface area contributed by atoms with Crippen LogP contribution in [0.1, 0.15) is 22.0 Å². The fourth-order valence-electron chi connectivity index (χ4n) is 1.90. The van der Waals surface area contributed by atoms with Gasteiger partial charge in [0.05, 0.1) is 10.6 Å². The molecular formula is C13H12ClN3O4. The van der Waals surface area contributed by atoms with Gasteiger partial charge in [-0.05, 0) is 19.1 Å². The number of carbonyl (C=O) groups is 1. The number of benzene rings is 1. The number of aromatic amines is 1. The van der Waals surface area contributed by atoms with Gasteiger partial charge in [-0.2, -0.15) is 5.10 Å². The van der Waals surface area contributed by atoms with Gasteiger partial charge in [0, 0.05) is 0 Å². The molecule has 1 aliphatic rings. The van der Waals surface area contributed by atoms with Gasteiger partial charge in [-0.1, -0.05) is 11.6 Å². The first-order valence-electron chi connectivity index (χ1n) is 6.27. The van der Waals surface area contributed by atoms with E-state index in [1.54, 1.807) is 13.0 Å². The number of halogens is 1. The molecule has 1 aromatic carbocycles. The van der Waals surface area contributed by atoms with Crippen molar-refractivity contribution in [2.45, 2.75) is 13.5 Å². The summed E-state index contributed by atoms with van der Waals surface area (Å²) in [5, 5.41) is 6.87. The highest BCUT2D eigenvalue weighted by Crippen LogP contribution is 2.38. The largest absolute Gasteiger partial charge is 0.486 e. The Morgan fingerprint density at radius 1 is 1.43 bits per heavy atom. The summed E-state index contributed by atoms with van der Waals surface area (Å²) in [6, 6.07) is 3.03. The summed E-state index contributed by atoms with van der Waals surface area (Å²) in [6.45, 7) is 2.59. The molecule has 0 unspecified atom stereocenters. The van der Waals surface area contributed by atoms with Crippen LogP contribution in [0.2, 0.25) is 5.02 Å². The molecule has 0 spiro atoms. The molecule has 110 valence electrons. The predicted octanol–water partition coefficient (Wildman–Crippen LogP) is 1.89. The van der Waals surface area contributed by atoms with E-state index in [1.165, 1.54) is 6.07 Å². The summed E-state index contributed by atoms with van der Waals surface area (Å²) in [7, 11) is 0. The van der Waals surface area contributed by atoms with Crippen molar-refractivity contribution in [3.63, 3.8) is 0 Å². The lowest BCUT2D eigenvalue weighted by molar-refractivity contribution is 0.0461. The molecule has 0 atom stereocenters. The normalized spacial score (nSPS) is 13.0. The van der Waals surface area contributed by atoms with Crippen LogP contribution in [0.4, 0.5) is 0 Å². The minimum atomic E-state index is -0.531. The smallest absolute Gasteiger partial charge is 0.338 e. The Bertz CT molecular complexity index is 686. The quantitative estimate of drug-likeness (QED) is 0.871. The molecule has 0 radical (unpaired) electrons. The third-order valence-corrected chi connectivity index (χ3v) is 3.09. The molecule has 21 heavy (non-hydrogen) atoms. The molecule has 3 rings (SSSR count). The molecule has 1 aromatic heterocycles. The van der Waals surface area contributed by atoms with Crippen LogP contribution >= 0.6 is 11.6 Å². The number of aromatic nitrogens is 3. The van der Waals surface area contributed by atoms with E-state index < -0.39 is 5.97 Å². The maximum atomic E-state index is 12.0. The second kappa shape index (κ2) is 5.61. The highest BCUT2D eigenvalue weighted by molar-refractivity contribution is 6.32. The van der Waals surface area contributed by atoms with Crippen LogP contribution in [0.25, 0.3) is 0 Å². The number of H-pyrrole nitrogens is 1. The van der Waals surface area contributed by atoms with Crippen LogP contribution in [0.15, 0.2) is 12.1 Å². The number of hydrogen-bond donors (Lipinski definition) is 1. The fourth-order valence-corrected chi connectivity index (χ4v) is 2.16. The number of esters is 1. The Morgan fingerprint density at radius 3 is 3.00 bits per heavy atom. The molecule has 0 amide bonds. The van der Waals surface area contributed by atoms with Crippen molar-refractivity contribution in [3.8, 4) is 11.5 Å². The number of rotatable bonds is 3. The zero-order valence-electron chi connectivity index (χ0n) is 11.2. The Labute approximate surface area is 125 Å². The number of nitrogens with zero attached hydrogens (tertiary/aromatic N) is 2. The first kappa shape index (κ1) is 13.7. The number of carbonyl (C=O) groups excluding carboxylic acids is 1. The third kappa shape index (κ3) is 2.92. The van der Waals surface area contributed by atoms with E-state index in [0.717, 1.165) is 0 Å². The van der Waals surface area contributed by atoms with E-state index in [-0.39, 0.29) is 12.2 Å². The number of fused-ring (bicyclic) bond motifs is 1. The van der Waals surface area contributed by atoms with E-state index >= 15 is 0 Å². The van der Waals surface area contributed by atoms with Gasteiger partial charge in [0.15, 0.2) is 23.9 Å². The Balaban J connectivity index is 1.74. The summed E-state index contributed by atoms with van der Waals surface area (Å²) in [5.41, 5.74) is 0.288. The van der Waals surface area contributed by atoms with Crippen molar-refractivity contribution in [2.24, 2.45) is 0 Å². The lowest BCUT2D eigenvalue weighted by atomic mass is 10.2. The molecule has 0 saturated carbocycles. The Hall–Kier alpha value is -2.28. The van der Waals surface area contributed by atoms with Gasteiger partial charge in [0.1, 0.15) is 19.0 Å². The number of nitrogens with one attached hydrogen (secondary N) is 1. The zero-order valence-corrected chi connectivity index (χ0v) is 11.9. The highest BCUT2D eigenvalue weighted by atomic mass is 35.5. The lowest BCUT2D eigenvalue weighted by Crippen LogP contribution is -2.16. The van der Waals surface area contributed by atoms with Gasteiger partial charge in [-0.15, -0.1) is 0 Å². The number of ether oxygens (including phenoxy) is 3. The summed E-state index contributed by atoms with van der Waals surface area (Å²) in [6.07, 6.45) is 0. The molecule has 0 aliphatic carbocycles. The molecule has 0 fully saturated rings. The third-order valence-electron chi connectivity index (χ3n) is 2.81. The van der Waals surface area contributed by atoms with Crippen molar-refractivity contribution in [2.75, 3.05) is 13.2 Å². The minimum absolute atomic E-state index is 0.0186. The maximum Gasteiger partial charge on any atom is 0.338 e. The predicted molar refractivity (Wildman–Crippen MR) is 72.7 cm³/mol. The number of aryl methyl sites for hydroxylation is 1. The van der Waals surface area contributed by atoms with Crippen molar-refractivity contribution in [1.82, 2.24) is 15.2 Å². The SMILES string of the molecule is Cc1nc(COC(=O)c2cc(Cl)c3c(c2)OCCO3)n[nH]1. The molecule has 8 heteroatoms. The second-order valence-corrected chi connectivity index (χ2v) is 4.80. The molecular weight excluding hydrogens is 298 g/mol.